The molecule has 0 aromatic rings. The van der Waals surface area contributed by atoms with Gasteiger partial charge in [-0.2, -0.15) is 0 Å². The van der Waals surface area contributed by atoms with Crippen molar-refractivity contribution < 1.29 is 18.5 Å². The first-order valence-electron chi connectivity index (χ1n) is 14.7. The quantitative estimate of drug-likeness (QED) is 0.0585. The van der Waals surface area contributed by atoms with Gasteiger partial charge in [-0.3, -0.25) is 4.57 Å². The lowest BCUT2D eigenvalue weighted by Gasteiger charge is -2.35. The summed E-state index contributed by atoms with van der Waals surface area (Å²) in [6.07, 6.45) is 29.8. The molecule has 0 saturated heterocycles. The maximum atomic E-state index is 12.7. The minimum Gasteiger partial charge on any atom is -0.320 e. The second-order valence-corrected chi connectivity index (χ2v) is 13.1. The number of allylic oxidation sites excluding steroid dienone is 2. The fourth-order valence-corrected chi connectivity index (χ4v) is 6.61. The number of unbranched alkanes of at least 4 members (excludes halogenated alkanes) is 16. The summed E-state index contributed by atoms with van der Waals surface area (Å²) in [5.74, 6) is -0.336. The van der Waals surface area contributed by atoms with Gasteiger partial charge in [0.25, 0.3) is 0 Å². The van der Waals surface area contributed by atoms with E-state index in [2.05, 4.69) is 26.0 Å². The molecule has 1 N–H and O–H groups in total. The minimum atomic E-state index is -3.57. The van der Waals surface area contributed by atoms with Crippen molar-refractivity contribution in [3.05, 3.63) is 12.2 Å². The molecule has 34 heavy (non-hydrogen) atoms. The van der Waals surface area contributed by atoms with Crippen molar-refractivity contribution in [2.24, 2.45) is 0 Å². The summed E-state index contributed by atoms with van der Waals surface area (Å²) in [5.41, 5.74) is 0. The van der Waals surface area contributed by atoms with Crippen LogP contribution >= 0.6 is 7.60 Å². The Morgan fingerprint density at radius 1 is 0.676 bits per heavy atom. The first-order valence-corrected chi connectivity index (χ1v) is 16.3. The molecule has 0 saturated carbocycles. The monoisotopic (exact) mass is 502 g/mol. The second-order valence-electron chi connectivity index (χ2n) is 11.1. The molecule has 2 unspecified atom stereocenters. The number of quaternary nitrogens is 1. The van der Waals surface area contributed by atoms with Crippen LogP contribution in [-0.2, 0) is 9.09 Å². The summed E-state index contributed by atoms with van der Waals surface area (Å²) >= 11 is 0. The lowest BCUT2D eigenvalue weighted by atomic mass is 10.1. The van der Waals surface area contributed by atoms with E-state index < -0.39 is 7.60 Å². The average Bonchev–Trinajstić information content (AvgIpc) is 2.77. The Morgan fingerprint density at radius 3 is 1.50 bits per heavy atom. The van der Waals surface area contributed by atoms with Gasteiger partial charge in [-0.15, -0.1) is 0 Å². The van der Waals surface area contributed by atoms with Crippen LogP contribution in [0.3, 0.4) is 0 Å². The van der Waals surface area contributed by atoms with Gasteiger partial charge in [0.15, 0.2) is 5.78 Å². The van der Waals surface area contributed by atoms with E-state index >= 15 is 0 Å². The molecule has 0 spiro atoms. The maximum absolute atomic E-state index is 12.7. The van der Waals surface area contributed by atoms with Crippen LogP contribution in [0.2, 0.25) is 0 Å². The summed E-state index contributed by atoms with van der Waals surface area (Å²) in [7, 11) is 2.35. The van der Waals surface area contributed by atoms with Gasteiger partial charge in [0.2, 0.25) is 0 Å². The molecule has 0 aromatic carbocycles. The largest absolute Gasteiger partial charge is 0.385 e. The first-order chi connectivity index (χ1) is 16.3. The first kappa shape index (κ1) is 33.8. The van der Waals surface area contributed by atoms with Gasteiger partial charge < -0.3 is 13.9 Å². The summed E-state index contributed by atoms with van der Waals surface area (Å²) in [4.78, 5) is 10.4. The lowest BCUT2D eigenvalue weighted by molar-refractivity contribution is -0.883. The van der Waals surface area contributed by atoms with E-state index in [0.29, 0.717) is 17.5 Å². The van der Waals surface area contributed by atoms with Gasteiger partial charge in [-0.25, -0.2) is 0 Å². The highest BCUT2D eigenvalue weighted by Gasteiger charge is 2.41. The van der Waals surface area contributed by atoms with Gasteiger partial charge in [0.1, 0.15) is 0 Å². The van der Waals surface area contributed by atoms with Gasteiger partial charge in [0.05, 0.1) is 27.7 Å². The molecule has 0 amide bonds. The Morgan fingerprint density at radius 2 is 1.09 bits per heavy atom. The molecule has 0 aliphatic heterocycles. The van der Waals surface area contributed by atoms with Crippen molar-refractivity contribution in [3.63, 3.8) is 0 Å². The zero-order valence-corrected chi connectivity index (χ0v) is 24.6. The highest BCUT2D eigenvalue weighted by molar-refractivity contribution is 7.53. The zero-order valence-electron chi connectivity index (χ0n) is 23.7. The third-order valence-corrected chi connectivity index (χ3v) is 9.01. The Hall–Kier alpha value is -0.150. The fraction of sp³-hybridized carbons (Fsp3) is 0.931. The van der Waals surface area contributed by atoms with Crippen LogP contribution in [0.1, 0.15) is 142 Å². The Balaban J connectivity index is 3.49. The highest BCUT2D eigenvalue weighted by Crippen LogP contribution is 2.51. The predicted molar refractivity (Wildman–Crippen MR) is 150 cm³/mol. The van der Waals surface area contributed by atoms with E-state index in [0.717, 1.165) is 19.3 Å². The number of hydrogen-bond donors (Lipinski definition) is 1. The summed E-state index contributed by atoms with van der Waals surface area (Å²) in [6, 6.07) is 0. The smallest absolute Gasteiger partial charge is 0.320 e. The molecule has 0 heterocycles. The third-order valence-electron chi connectivity index (χ3n) is 6.75. The van der Waals surface area contributed by atoms with Gasteiger partial charge in [-0.05, 0) is 38.5 Å². The molecule has 0 fully saturated rings. The van der Waals surface area contributed by atoms with Crippen LogP contribution in [0.5, 0.6) is 0 Å². The summed E-state index contributed by atoms with van der Waals surface area (Å²) < 4.78 is 18.6. The molecule has 0 aromatic heterocycles. The molecule has 5 heteroatoms. The van der Waals surface area contributed by atoms with Crippen molar-refractivity contribution in [2.45, 2.75) is 148 Å². The van der Waals surface area contributed by atoms with Crippen LogP contribution in [-0.4, -0.2) is 42.9 Å². The highest BCUT2D eigenvalue weighted by atomic mass is 31.2. The van der Waals surface area contributed by atoms with Crippen LogP contribution in [0.4, 0.5) is 0 Å². The van der Waals surface area contributed by atoms with Crippen molar-refractivity contribution >= 4 is 7.60 Å². The van der Waals surface area contributed by atoms with Crippen molar-refractivity contribution in [1.82, 2.24) is 0 Å². The average molecular weight is 503 g/mol. The zero-order chi connectivity index (χ0) is 25.5. The molecule has 0 bridgehead atoms. The molecule has 0 aliphatic carbocycles. The molecular weight excluding hydrogens is 441 g/mol. The van der Waals surface area contributed by atoms with Crippen LogP contribution in [0.15, 0.2) is 12.2 Å². The van der Waals surface area contributed by atoms with Crippen molar-refractivity contribution in [2.75, 3.05) is 27.7 Å². The molecule has 4 nitrogen and oxygen atoms in total. The van der Waals surface area contributed by atoms with Gasteiger partial charge in [-0.1, -0.05) is 109 Å². The topological polar surface area (TPSA) is 46.5 Å². The van der Waals surface area contributed by atoms with E-state index in [-0.39, 0.29) is 5.78 Å². The molecular formula is C29H61NO3P+. The number of hydrogen-bond acceptors (Lipinski definition) is 2. The molecule has 0 rings (SSSR count). The predicted octanol–water partition coefficient (Wildman–Crippen LogP) is 9.62. The van der Waals surface area contributed by atoms with Crippen molar-refractivity contribution in [1.29, 1.82) is 0 Å². The van der Waals surface area contributed by atoms with Crippen molar-refractivity contribution in [3.8, 4) is 0 Å². The lowest BCUT2D eigenvalue weighted by Crippen LogP contribution is -2.45. The standard InChI is InChI=1S/C29H60NO3P/c1-6-8-9-10-11-12-13-14-15-16-17-18-19-20-21-22-23-24-25-26-28-33-34(31,32)29(27-7-2)30(3,4)5/h16-17,29H,6-15,18-28H2,1-5H3/p+1/b17-16-. The molecule has 204 valence electrons. The van der Waals surface area contributed by atoms with E-state index in [1.807, 2.05) is 21.1 Å². The van der Waals surface area contributed by atoms with Crippen LogP contribution in [0.25, 0.3) is 0 Å². The van der Waals surface area contributed by atoms with E-state index in [1.54, 1.807) is 0 Å². The Kier molecular flexibility index (Phi) is 22.0. The van der Waals surface area contributed by atoms with Gasteiger partial charge >= 0.3 is 7.60 Å². The SMILES string of the molecule is CCCCCCCCCC/C=C\CCCCCCCCCCOP(=O)(O)C(CCC)[N+](C)(C)C. The number of nitrogens with zero attached hydrogens (tertiary/aromatic N) is 1. The third kappa shape index (κ3) is 20.1. The second kappa shape index (κ2) is 22.1. The Bertz CT molecular complexity index is 516. The van der Waals surface area contributed by atoms with Crippen LogP contribution < -0.4 is 0 Å². The van der Waals surface area contributed by atoms with E-state index in [4.69, 9.17) is 4.52 Å². The molecule has 0 radical (unpaired) electrons. The van der Waals surface area contributed by atoms with Gasteiger partial charge in [0, 0.05) is 6.42 Å². The molecule has 0 aliphatic rings. The number of rotatable bonds is 25. The maximum Gasteiger partial charge on any atom is 0.385 e. The van der Waals surface area contributed by atoms with Crippen LogP contribution in [0, 0.1) is 0 Å². The summed E-state index contributed by atoms with van der Waals surface area (Å²) in [5, 5.41) is 0. The van der Waals surface area contributed by atoms with E-state index in [9.17, 15) is 9.46 Å². The fourth-order valence-electron chi connectivity index (χ4n) is 4.58. The van der Waals surface area contributed by atoms with E-state index in [1.165, 1.54) is 103 Å². The Labute approximate surface area is 214 Å². The normalized spacial score (nSPS) is 15.1. The minimum absolute atomic E-state index is 0.336. The summed E-state index contributed by atoms with van der Waals surface area (Å²) in [6.45, 7) is 4.74. The molecule has 2 atom stereocenters.